The largest absolute Gasteiger partial charge is 0.368 e. The molecule has 0 aromatic rings. The second-order valence-electron chi connectivity index (χ2n) is 1.52. The van der Waals surface area contributed by atoms with Gasteiger partial charge in [0.15, 0.2) is 6.29 Å². The van der Waals surface area contributed by atoms with Crippen molar-refractivity contribution in [3.8, 4) is 0 Å². The monoisotopic (exact) mass is 138 g/mol. The highest BCUT2D eigenvalue weighted by molar-refractivity contribution is 6.17. The van der Waals surface area contributed by atoms with Gasteiger partial charge in [0.05, 0.1) is 0 Å². The fourth-order valence-corrected chi connectivity index (χ4v) is 0.524. The number of aliphatic hydroxyl groups is 1. The van der Waals surface area contributed by atoms with Crippen molar-refractivity contribution in [1.29, 1.82) is 0 Å². The molecular formula is C5H11ClO2. The lowest BCUT2D eigenvalue weighted by atomic mass is 10.3. The molecule has 0 bridgehead atoms. The Kier molecular flexibility index (Phi) is 5.49. The molecule has 0 rings (SSSR count). The van der Waals surface area contributed by atoms with Crippen LogP contribution in [0.15, 0.2) is 0 Å². The summed E-state index contributed by atoms with van der Waals surface area (Å²) in [6.45, 7) is 0. The van der Waals surface area contributed by atoms with E-state index in [0.29, 0.717) is 12.3 Å². The zero-order chi connectivity index (χ0) is 6.41. The number of hydrogen-bond donors (Lipinski definition) is 1. The molecule has 0 saturated heterocycles. The molecule has 50 valence electrons. The summed E-state index contributed by atoms with van der Waals surface area (Å²) >= 11 is 5.34. The minimum absolute atomic E-state index is 0.584. The van der Waals surface area contributed by atoms with Crippen LogP contribution in [0.2, 0.25) is 0 Å². The summed E-state index contributed by atoms with van der Waals surface area (Å²) in [5.41, 5.74) is 0. The van der Waals surface area contributed by atoms with E-state index in [2.05, 4.69) is 4.74 Å². The van der Waals surface area contributed by atoms with Gasteiger partial charge in [-0.3, -0.25) is 0 Å². The van der Waals surface area contributed by atoms with E-state index in [4.69, 9.17) is 16.7 Å². The standard InChI is InChI=1S/C5H11ClO2/c1-8-5(7)3-2-4-6/h5,7H,2-4H2,1H3. The van der Waals surface area contributed by atoms with E-state index < -0.39 is 6.29 Å². The molecule has 0 aliphatic rings. The fraction of sp³-hybridized carbons (Fsp3) is 1.00. The highest BCUT2D eigenvalue weighted by atomic mass is 35.5. The van der Waals surface area contributed by atoms with Crippen LogP contribution < -0.4 is 0 Å². The molecular weight excluding hydrogens is 128 g/mol. The third-order valence-electron chi connectivity index (χ3n) is 0.857. The third-order valence-corrected chi connectivity index (χ3v) is 1.12. The average molecular weight is 139 g/mol. The van der Waals surface area contributed by atoms with Gasteiger partial charge in [-0.05, 0) is 12.8 Å². The van der Waals surface area contributed by atoms with Crippen molar-refractivity contribution >= 4 is 11.6 Å². The van der Waals surface area contributed by atoms with E-state index in [1.54, 1.807) is 0 Å². The topological polar surface area (TPSA) is 29.5 Å². The molecule has 1 atom stereocenters. The normalized spacial score (nSPS) is 13.9. The van der Waals surface area contributed by atoms with Crippen molar-refractivity contribution in [1.82, 2.24) is 0 Å². The first-order chi connectivity index (χ1) is 3.81. The number of methoxy groups -OCH3 is 1. The van der Waals surface area contributed by atoms with E-state index in [-0.39, 0.29) is 0 Å². The molecule has 3 heteroatoms. The molecule has 0 fully saturated rings. The van der Waals surface area contributed by atoms with Crippen LogP contribution in [0.3, 0.4) is 0 Å². The summed E-state index contributed by atoms with van der Waals surface area (Å²) in [7, 11) is 1.47. The summed E-state index contributed by atoms with van der Waals surface area (Å²) in [4.78, 5) is 0. The van der Waals surface area contributed by atoms with Crippen molar-refractivity contribution in [3.05, 3.63) is 0 Å². The molecule has 0 heterocycles. The van der Waals surface area contributed by atoms with Crippen LogP contribution in [-0.4, -0.2) is 24.4 Å². The van der Waals surface area contributed by atoms with Gasteiger partial charge in [0.25, 0.3) is 0 Å². The first-order valence-electron chi connectivity index (χ1n) is 2.58. The lowest BCUT2D eigenvalue weighted by Crippen LogP contribution is -2.08. The maximum absolute atomic E-state index is 8.71. The average Bonchev–Trinajstić information content (AvgIpc) is 1.83. The van der Waals surface area contributed by atoms with Crippen LogP contribution >= 0.6 is 11.6 Å². The SMILES string of the molecule is COC(O)CCCCl. The zero-order valence-electron chi connectivity index (χ0n) is 4.93. The second-order valence-corrected chi connectivity index (χ2v) is 1.90. The van der Waals surface area contributed by atoms with E-state index >= 15 is 0 Å². The van der Waals surface area contributed by atoms with Gasteiger partial charge in [0.1, 0.15) is 0 Å². The minimum atomic E-state index is -0.631. The molecule has 0 amide bonds. The maximum Gasteiger partial charge on any atom is 0.154 e. The number of aliphatic hydroxyl groups excluding tert-OH is 1. The number of ether oxygens (including phenoxy) is 1. The molecule has 1 N–H and O–H groups in total. The number of halogens is 1. The van der Waals surface area contributed by atoms with E-state index in [1.165, 1.54) is 7.11 Å². The first-order valence-corrected chi connectivity index (χ1v) is 3.11. The Morgan fingerprint density at radius 1 is 1.75 bits per heavy atom. The van der Waals surface area contributed by atoms with Crippen LogP contribution in [0.25, 0.3) is 0 Å². The Morgan fingerprint density at radius 3 is 2.75 bits per heavy atom. The molecule has 0 aliphatic heterocycles. The summed E-state index contributed by atoms with van der Waals surface area (Å²) in [6.07, 6.45) is 0.796. The Morgan fingerprint density at radius 2 is 2.38 bits per heavy atom. The quantitative estimate of drug-likeness (QED) is 0.464. The van der Waals surface area contributed by atoms with Gasteiger partial charge in [0.2, 0.25) is 0 Å². The van der Waals surface area contributed by atoms with Gasteiger partial charge in [-0.25, -0.2) is 0 Å². The van der Waals surface area contributed by atoms with Crippen molar-refractivity contribution in [2.24, 2.45) is 0 Å². The van der Waals surface area contributed by atoms with Crippen LogP contribution in [0, 0.1) is 0 Å². The first kappa shape index (κ1) is 8.21. The molecule has 0 spiro atoms. The molecule has 8 heavy (non-hydrogen) atoms. The fourth-order valence-electron chi connectivity index (χ4n) is 0.370. The molecule has 2 nitrogen and oxygen atoms in total. The predicted octanol–water partition coefficient (Wildman–Crippen LogP) is 0.970. The van der Waals surface area contributed by atoms with Gasteiger partial charge >= 0.3 is 0 Å². The van der Waals surface area contributed by atoms with E-state index in [0.717, 1.165) is 6.42 Å². The van der Waals surface area contributed by atoms with Crippen LogP contribution in [-0.2, 0) is 4.74 Å². The predicted molar refractivity (Wildman–Crippen MR) is 33.0 cm³/mol. The Bertz CT molecular complexity index is 49.7. The summed E-state index contributed by atoms with van der Waals surface area (Å²) in [5, 5.41) is 8.71. The highest BCUT2D eigenvalue weighted by Gasteiger charge is 1.97. The van der Waals surface area contributed by atoms with E-state index in [1.807, 2.05) is 0 Å². The Hall–Kier alpha value is 0.210. The van der Waals surface area contributed by atoms with Crippen molar-refractivity contribution in [2.75, 3.05) is 13.0 Å². The van der Waals surface area contributed by atoms with Gasteiger partial charge in [-0.1, -0.05) is 0 Å². The maximum atomic E-state index is 8.71. The van der Waals surface area contributed by atoms with Gasteiger partial charge in [-0.15, -0.1) is 11.6 Å². The molecule has 0 aromatic heterocycles. The van der Waals surface area contributed by atoms with Crippen LogP contribution in [0.5, 0.6) is 0 Å². The van der Waals surface area contributed by atoms with Crippen LogP contribution in [0.1, 0.15) is 12.8 Å². The molecule has 1 unspecified atom stereocenters. The van der Waals surface area contributed by atoms with Gasteiger partial charge in [-0.2, -0.15) is 0 Å². The summed E-state index contributed by atoms with van der Waals surface area (Å²) in [6, 6.07) is 0. The smallest absolute Gasteiger partial charge is 0.154 e. The lowest BCUT2D eigenvalue weighted by Gasteiger charge is -2.04. The number of hydrogen-bond acceptors (Lipinski definition) is 2. The minimum Gasteiger partial charge on any atom is -0.368 e. The third kappa shape index (κ3) is 4.37. The van der Waals surface area contributed by atoms with Gasteiger partial charge < -0.3 is 9.84 Å². The summed E-state index contributed by atoms with van der Waals surface area (Å²) < 4.78 is 4.55. The van der Waals surface area contributed by atoms with Crippen molar-refractivity contribution < 1.29 is 9.84 Å². The molecule has 0 radical (unpaired) electrons. The molecule has 0 aromatic carbocycles. The number of alkyl halides is 1. The molecule has 0 aliphatic carbocycles. The highest BCUT2D eigenvalue weighted by Crippen LogP contribution is 1.97. The summed E-state index contributed by atoms with van der Waals surface area (Å²) in [5.74, 6) is 0.584. The van der Waals surface area contributed by atoms with E-state index in [9.17, 15) is 0 Å². The lowest BCUT2D eigenvalue weighted by molar-refractivity contribution is -0.0781. The van der Waals surface area contributed by atoms with Crippen molar-refractivity contribution in [3.63, 3.8) is 0 Å². The second kappa shape index (κ2) is 5.35. The molecule has 0 saturated carbocycles. The number of rotatable bonds is 4. The van der Waals surface area contributed by atoms with Crippen molar-refractivity contribution in [2.45, 2.75) is 19.1 Å². The Balaban J connectivity index is 2.86. The zero-order valence-corrected chi connectivity index (χ0v) is 5.69. The Labute approximate surface area is 54.4 Å². The van der Waals surface area contributed by atoms with Crippen LogP contribution in [0.4, 0.5) is 0 Å². The van der Waals surface area contributed by atoms with Gasteiger partial charge in [0, 0.05) is 13.0 Å².